The number of nitrogens with zero attached hydrogens (tertiary/aromatic N) is 2. The molecule has 1 aliphatic rings. The number of fused-ring (bicyclic) bond motifs is 1. The quantitative estimate of drug-likeness (QED) is 0.597. The van der Waals surface area contributed by atoms with Crippen LogP contribution in [0.5, 0.6) is 0 Å². The molecule has 2 rings (SSSR count). The minimum atomic E-state index is 0.158. The molecule has 0 saturated carbocycles. The van der Waals surface area contributed by atoms with Crippen LogP contribution < -0.4 is 4.90 Å². The fourth-order valence-electron chi connectivity index (χ4n) is 1.58. The molecular formula is C10H12N2O. The first-order chi connectivity index (χ1) is 6.18. The van der Waals surface area contributed by atoms with E-state index >= 15 is 0 Å². The molecule has 0 fully saturated rings. The minimum absolute atomic E-state index is 0.158. The van der Waals surface area contributed by atoms with Crippen molar-refractivity contribution < 1.29 is 4.79 Å². The lowest BCUT2D eigenvalue weighted by atomic mass is 10.1. The highest BCUT2D eigenvalue weighted by molar-refractivity contribution is 5.94. The number of rotatable bonds is 0. The van der Waals surface area contributed by atoms with Crippen molar-refractivity contribution in [2.75, 3.05) is 11.9 Å². The highest BCUT2D eigenvalue weighted by Gasteiger charge is 2.21. The Bertz CT molecular complexity index is 360. The SMILES string of the molecule is Cc1ccc2c(n1)N(C)C(=O)CC2. The summed E-state index contributed by atoms with van der Waals surface area (Å²) in [6.45, 7) is 1.94. The first kappa shape index (κ1) is 8.23. The fourth-order valence-corrected chi connectivity index (χ4v) is 1.58. The third-order valence-electron chi connectivity index (χ3n) is 2.40. The highest BCUT2D eigenvalue weighted by atomic mass is 16.2. The summed E-state index contributed by atoms with van der Waals surface area (Å²) in [6.07, 6.45) is 1.43. The molecule has 3 nitrogen and oxygen atoms in total. The van der Waals surface area contributed by atoms with Gasteiger partial charge in [0.15, 0.2) is 0 Å². The average molecular weight is 176 g/mol. The van der Waals surface area contributed by atoms with Gasteiger partial charge in [-0.3, -0.25) is 9.69 Å². The summed E-state index contributed by atoms with van der Waals surface area (Å²) >= 11 is 0. The monoisotopic (exact) mass is 176 g/mol. The van der Waals surface area contributed by atoms with Crippen molar-refractivity contribution in [3.63, 3.8) is 0 Å². The van der Waals surface area contributed by atoms with Crippen molar-refractivity contribution in [2.24, 2.45) is 0 Å². The molecule has 0 aromatic carbocycles. The van der Waals surface area contributed by atoms with Gasteiger partial charge < -0.3 is 0 Å². The van der Waals surface area contributed by atoms with E-state index in [2.05, 4.69) is 11.1 Å². The van der Waals surface area contributed by atoms with Crippen LogP contribution in [0.2, 0.25) is 0 Å². The maximum Gasteiger partial charge on any atom is 0.228 e. The summed E-state index contributed by atoms with van der Waals surface area (Å²) in [5, 5.41) is 0. The summed E-state index contributed by atoms with van der Waals surface area (Å²) in [5.74, 6) is 0.988. The summed E-state index contributed by atoms with van der Waals surface area (Å²) in [7, 11) is 1.78. The molecule has 1 amide bonds. The second-order valence-corrected chi connectivity index (χ2v) is 3.39. The summed E-state index contributed by atoms with van der Waals surface area (Å²) in [5.41, 5.74) is 2.13. The lowest BCUT2D eigenvalue weighted by molar-refractivity contribution is -0.118. The Kier molecular flexibility index (Phi) is 1.79. The summed E-state index contributed by atoms with van der Waals surface area (Å²) in [4.78, 5) is 17.3. The molecule has 0 atom stereocenters. The smallest absolute Gasteiger partial charge is 0.228 e. The first-order valence-electron chi connectivity index (χ1n) is 4.41. The number of carbonyl (C=O) groups is 1. The van der Waals surface area contributed by atoms with Crippen LogP contribution >= 0.6 is 0 Å². The maximum atomic E-state index is 11.4. The number of anilines is 1. The Balaban J connectivity index is 2.51. The zero-order valence-corrected chi connectivity index (χ0v) is 7.87. The van der Waals surface area contributed by atoms with E-state index in [1.807, 2.05) is 13.0 Å². The fraction of sp³-hybridized carbons (Fsp3) is 0.400. The molecule has 1 aromatic rings. The van der Waals surface area contributed by atoms with Gasteiger partial charge in [0.1, 0.15) is 5.82 Å². The Morgan fingerprint density at radius 1 is 1.38 bits per heavy atom. The molecule has 0 saturated heterocycles. The van der Waals surface area contributed by atoms with Crippen LogP contribution in [0, 0.1) is 6.92 Å². The first-order valence-corrected chi connectivity index (χ1v) is 4.41. The van der Waals surface area contributed by atoms with E-state index in [0.29, 0.717) is 6.42 Å². The maximum absolute atomic E-state index is 11.4. The van der Waals surface area contributed by atoms with E-state index in [9.17, 15) is 4.79 Å². The van der Waals surface area contributed by atoms with Crippen molar-refractivity contribution in [2.45, 2.75) is 19.8 Å². The number of carbonyl (C=O) groups excluding carboxylic acids is 1. The number of hydrogen-bond acceptors (Lipinski definition) is 2. The van der Waals surface area contributed by atoms with Gasteiger partial charge >= 0.3 is 0 Å². The lowest BCUT2D eigenvalue weighted by Crippen LogP contribution is -2.32. The van der Waals surface area contributed by atoms with Gasteiger partial charge in [-0.15, -0.1) is 0 Å². The van der Waals surface area contributed by atoms with Crippen molar-refractivity contribution in [3.8, 4) is 0 Å². The third kappa shape index (κ3) is 1.30. The van der Waals surface area contributed by atoms with Crippen LogP contribution in [-0.2, 0) is 11.2 Å². The van der Waals surface area contributed by atoms with Gasteiger partial charge in [0, 0.05) is 19.2 Å². The van der Waals surface area contributed by atoms with Crippen LogP contribution in [0.3, 0.4) is 0 Å². The van der Waals surface area contributed by atoms with E-state index in [1.54, 1.807) is 11.9 Å². The molecule has 68 valence electrons. The number of aromatic nitrogens is 1. The van der Waals surface area contributed by atoms with Crippen molar-refractivity contribution in [1.82, 2.24) is 4.98 Å². The molecule has 3 heteroatoms. The molecule has 0 bridgehead atoms. The number of amides is 1. The molecule has 2 heterocycles. The predicted octanol–water partition coefficient (Wildman–Crippen LogP) is 1.30. The van der Waals surface area contributed by atoms with Crippen LogP contribution in [-0.4, -0.2) is 17.9 Å². The van der Waals surface area contributed by atoms with Crippen molar-refractivity contribution in [1.29, 1.82) is 0 Å². The zero-order valence-electron chi connectivity index (χ0n) is 7.87. The normalized spacial score (nSPS) is 15.8. The molecule has 1 aromatic heterocycles. The summed E-state index contributed by atoms with van der Waals surface area (Å²) < 4.78 is 0. The van der Waals surface area contributed by atoms with E-state index in [1.165, 1.54) is 5.56 Å². The Hall–Kier alpha value is -1.38. The molecule has 1 aliphatic heterocycles. The van der Waals surface area contributed by atoms with Crippen LogP contribution in [0.4, 0.5) is 5.82 Å². The van der Waals surface area contributed by atoms with E-state index in [0.717, 1.165) is 17.9 Å². The second kappa shape index (κ2) is 2.83. The largest absolute Gasteiger partial charge is 0.300 e. The van der Waals surface area contributed by atoms with E-state index in [4.69, 9.17) is 0 Å². The van der Waals surface area contributed by atoms with Gasteiger partial charge in [-0.05, 0) is 25.0 Å². The number of aryl methyl sites for hydroxylation is 2. The van der Waals surface area contributed by atoms with Crippen molar-refractivity contribution in [3.05, 3.63) is 23.4 Å². The van der Waals surface area contributed by atoms with Gasteiger partial charge in [0.05, 0.1) is 0 Å². The van der Waals surface area contributed by atoms with Gasteiger partial charge in [0.25, 0.3) is 0 Å². The Morgan fingerprint density at radius 3 is 2.92 bits per heavy atom. The lowest BCUT2D eigenvalue weighted by Gasteiger charge is -2.24. The zero-order chi connectivity index (χ0) is 9.42. The molecule has 13 heavy (non-hydrogen) atoms. The molecule has 0 spiro atoms. The van der Waals surface area contributed by atoms with Crippen molar-refractivity contribution >= 4 is 11.7 Å². The highest BCUT2D eigenvalue weighted by Crippen LogP contribution is 2.24. The predicted molar refractivity (Wildman–Crippen MR) is 50.7 cm³/mol. The van der Waals surface area contributed by atoms with Gasteiger partial charge in [-0.25, -0.2) is 4.98 Å². The molecule has 0 aliphatic carbocycles. The van der Waals surface area contributed by atoms with Crippen LogP contribution in [0.25, 0.3) is 0 Å². The van der Waals surface area contributed by atoms with Crippen LogP contribution in [0.1, 0.15) is 17.7 Å². The minimum Gasteiger partial charge on any atom is -0.300 e. The third-order valence-corrected chi connectivity index (χ3v) is 2.40. The second-order valence-electron chi connectivity index (χ2n) is 3.39. The standard InChI is InChI=1S/C10H12N2O/c1-7-3-4-8-5-6-9(13)12(2)10(8)11-7/h3-4H,5-6H2,1-2H3. The number of pyridine rings is 1. The molecular weight excluding hydrogens is 164 g/mol. The van der Waals surface area contributed by atoms with E-state index in [-0.39, 0.29) is 5.91 Å². The average Bonchev–Trinajstić information content (AvgIpc) is 2.12. The summed E-state index contributed by atoms with van der Waals surface area (Å²) in [6, 6.07) is 4.04. The van der Waals surface area contributed by atoms with E-state index < -0.39 is 0 Å². The number of hydrogen-bond donors (Lipinski definition) is 0. The molecule has 0 radical (unpaired) electrons. The molecule has 0 unspecified atom stereocenters. The van der Waals surface area contributed by atoms with Gasteiger partial charge in [-0.2, -0.15) is 0 Å². The van der Waals surface area contributed by atoms with Gasteiger partial charge in [0.2, 0.25) is 5.91 Å². The van der Waals surface area contributed by atoms with Gasteiger partial charge in [-0.1, -0.05) is 6.07 Å². The molecule has 0 N–H and O–H groups in total. The van der Waals surface area contributed by atoms with Crippen LogP contribution in [0.15, 0.2) is 12.1 Å². The Labute approximate surface area is 77.4 Å². The topological polar surface area (TPSA) is 33.2 Å². The Morgan fingerprint density at radius 2 is 2.15 bits per heavy atom.